The summed E-state index contributed by atoms with van der Waals surface area (Å²) in [4.78, 5) is 58.3. The number of thiophene rings is 1. The van der Waals surface area contributed by atoms with Crippen molar-refractivity contribution >= 4 is 56.6 Å². The summed E-state index contributed by atoms with van der Waals surface area (Å²) in [6.07, 6.45) is 3.80. The third-order valence-corrected chi connectivity index (χ3v) is 9.92. The summed E-state index contributed by atoms with van der Waals surface area (Å²) in [6, 6.07) is 22.3. The van der Waals surface area contributed by atoms with Crippen LogP contribution in [-0.2, 0) is 38.4 Å². The number of piperidine rings is 1. The Morgan fingerprint density at radius 3 is 2.15 bits per heavy atom. The lowest BCUT2D eigenvalue weighted by atomic mass is 9.94. The second-order valence-electron chi connectivity index (χ2n) is 12.3. The predicted molar refractivity (Wildman–Crippen MR) is 188 cm³/mol. The Morgan fingerprint density at radius 1 is 0.729 bits per heavy atom. The molecule has 4 amide bonds. The van der Waals surface area contributed by atoms with Crippen LogP contribution in [0.2, 0.25) is 0 Å². The van der Waals surface area contributed by atoms with Gasteiger partial charge in [-0.1, -0.05) is 66.7 Å². The smallest absolute Gasteiger partial charge is 0.243 e. The molecular formula is C37H40N6O4S. The number of carbonyl (C=O) groups excluding carboxylic acids is 4. The van der Waals surface area contributed by atoms with Crippen molar-refractivity contribution in [2.75, 3.05) is 13.1 Å². The number of amides is 4. The van der Waals surface area contributed by atoms with Crippen LogP contribution in [0.3, 0.4) is 0 Å². The maximum atomic E-state index is 14.3. The van der Waals surface area contributed by atoms with Gasteiger partial charge in [0.05, 0.1) is 0 Å². The lowest BCUT2D eigenvalue weighted by Crippen LogP contribution is -2.58. The molecule has 3 heterocycles. The molecule has 10 nitrogen and oxygen atoms in total. The molecule has 1 saturated heterocycles. The number of rotatable bonds is 13. The zero-order valence-electron chi connectivity index (χ0n) is 26.5. The number of hydrogen-bond donors (Lipinski definition) is 6. The predicted octanol–water partition coefficient (Wildman–Crippen LogP) is 3.35. The number of para-hydroxylation sites is 1. The minimum absolute atomic E-state index is 0.148. The average Bonchev–Trinajstić information content (AvgIpc) is 3.78. The third-order valence-electron chi connectivity index (χ3n) is 9.02. The molecule has 3 atom stereocenters. The molecule has 0 bridgehead atoms. The largest absolute Gasteiger partial charge is 0.368 e. The van der Waals surface area contributed by atoms with E-state index in [4.69, 9.17) is 5.73 Å². The van der Waals surface area contributed by atoms with E-state index in [0.29, 0.717) is 12.8 Å². The fourth-order valence-electron chi connectivity index (χ4n) is 6.40. The molecule has 1 aliphatic rings. The van der Waals surface area contributed by atoms with Crippen LogP contribution >= 0.6 is 11.3 Å². The second-order valence-corrected chi connectivity index (χ2v) is 13.3. The summed E-state index contributed by atoms with van der Waals surface area (Å²) < 4.78 is 0. The number of nitrogens with two attached hydrogens (primary N) is 1. The first-order valence-electron chi connectivity index (χ1n) is 16.3. The summed E-state index contributed by atoms with van der Waals surface area (Å²) in [5, 5.41) is 16.9. The summed E-state index contributed by atoms with van der Waals surface area (Å²) in [5.74, 6) is -2.09. The lowest BCUT2D eigenvalue weighted by Gasteiger charge is -2.27. The molecule has 248 valence electrons. The number of H-pyrrole nitrogens is 1. The molecule has 0 aliphatic carbocycles. The van der Waals surface area contributed by atoms with Gasteiger partial charge in [0.25, 0.3) is 0 Å². The van der Waals surface area contributed by atoms with E-state index in [-0.39, 0.29) is 31.1 Å². The minimum atomic E-state index is -1.06. The second kappa shape index (κ2) is 15.3. The molecule has 7 N–H and O–H groups in total. The molecule has 6 rings (SSSR count). The van der Waals surface area contributed by atoms with Crippen molar-refractivity contribution in [3.8, 4) is 0 Å². The van der Waals surface area contributed by atoms with Crippen LogP contribution in [0, 0.1) is 5.92 Å². The van der Waals surface area contributed by atoms with Gasteiger partial charge in [0.1, 0.15) is 18.1 Å². The number of aromatic nitrogens is 1. The van der Waals surface area contributed by atoms with E-state index in [1.807, 2.05) is 90.4 Å². The molecule has 0 radical (unpaired) electrons. The van der Waals surface area contributed by atoms with Gasteiger partial charge < -0.3 is 32.0 Å². The highest BCUT2D eigenvalue weighted by atomic mass is 32.1. The number of primary amides is 1. The van der Waals surface area contributed by atoms with E-state index in [9.17, 15) is 19.2 Å². The van der Waals surface area contributed by atoms with Crippen LogP contribution in [0.25, 0.3) is 21.7 Å². The molecule has 1 aliphatic heterocycles. The number of fused-ring (bicyclic) bond motifs is 2. The van der Waals surface area contributed by atoms with Crippen molar-refractivity contribution in [2.45, 2.75) is 50.2 Å². The van der Waals surface area contributed by atoms with Crippen molar-refractivity contribution in [1.29, 1.82) is 0 Å². The molecular weight excluding hydrogens is 625 g/mol. The summed E-state index contributed by atoms with van der Waals surface area (Å²) in [6.45, 7) is 1.47. The van der Waals surface area contributed by atoms with Gasteiger partial charge in [0, 0.05) is 47.2 Å². The van der Waals surface area contributed by atoms with E-state index < -0.39 is 35.8 Å². The Hall–Kier alpha value is -5.00. The Balaban J connectivity index is 1.29. The maximum absolute atomic E-state index is 14.3. The molecule has 48 heavy (non-hydrogen) atoms. The topological polar surface area (TPSA) is 158 Å². The van der Waals surface area contributed by atoms with Crippen molar-refractivity contribution in [2.24, 2.45) is 11.7 Å². The number of hydrogen-bond acceptors (Lipinski definition) is 6. The summed E-state index contributed by atoms with van der Waals surface area (Å²) >= 11 is 1.47. The van der Waals surface area contributed by atoms with Gasteiger partial charge in [-0.15, -0.1) is 11.3 Å². The molecule has 1 fully saturated rings. The van der Waals surface area contributed by atoms with Crippen molar-refractivity contribution in [3.05, 3.63) is 106 Å². The molecule has 5 aromatic rings. The molecule has 11 heteroatoms. The van der Waals surface area contributed by atoms with Crippen LogP contribution < -0.4 is 27.0 Å². The van der Waals surface area contributed by atoms with Crippen LogP contribution in [-0.4, -0.2) is 59.8 Å². The first-order valence-corrected chi connectivity index (χ1v) is 17.2. The average molecular weight is 665 g/mol. The van der Waals surface area contributed by atoms with Crippen LogP contribution in [0.4, 0.5) is 0 Å². The highest BCUT2D eigenvalue weighted by Gasteiger charge is 2.32. The Morgan fingerprint density at radius 2 is 1.40 bits per heavy atom. The Bertz CT molecular complexity index is 1890. The third kappa shape index (κ3) is 7.92. The lowest BCUT2D eigenvalue weighted by molar-refractivity contribution is -0.134. The highest BCUT2D eigenvalue weighted by molar-refractivity contribution is 7.09. The standard InChI is InChI=1S/C37H40N6O4S/c38-34(44)31(21-27-10-6-18-48-27)41-36(46)33(20-26-22-40-30-13-4-3-12-29(26)30)43-37(47)32(42-35(45)24-14-16-39-17-15-24)19-25-9-5-8-23-7-1-2-11-28(23)25/h1-13,18,22,24,31-33,39-40H,14-17,19-21H2,(H2,38,44)(H,41,46)(H,42,45)(H,43,47)/t31-,32+,33+/m0/s1. The fraction of sp³-hybridized carbons (Fsp3) is 0.297. The zero-order valence-corrected chi connectivity index (χ0v) is 27.4. The molecule has 0 spiro atoms. The fourth-order valence-corrected chi connectivity index (χ4v) is 7.15. The normalized spacial score (nSPS) is 15.4. The van der Waals surface area contributed by atoms with E-state index in [0.717, 1.165) is 50.8 Å². The van der Waals surface area contributed by atoms with E-state index in [1.165, 1.54) is 11.3 Å². The summed E-state index contributed by atoms with van der Waals surface area (Å²) in [5.41, 5.74) is 8.35. The van der Waals surface area contributed by atoms with Crippen molar-refractivity contribution in [3.63, 3.8) is 0 Å². The molecule has 2 aromatic heterocycles. The Labute approximate surface area is 282 Å². The Kier molecular flexibility index (Phi) is 10.5. The zero-order chi connectivity index (χ0) is 33.5. The SMILES string of the molecule is NC(=O)[C@H](Cc1cccs1)NC(=O)[C@@H](Cc1c[nH]c2ccccc12)NC(=O)[C@@H](Cc1cccc2ccccc12)NC(=O)C1CCNCC1. The number of benzene rings is 3. The van der Waals surface area contributed by atoms with E-state index in [2.05, 4.69) is 26.3 Å². The number of aromatic amines is 1. The quantitative estimate of drug-likeness (QED) is 0.114. The van der Waals surface area contributed by atoms with Gasteiger partial charge in [-0.3, -0.25) is 19.2 Å². The van der Waals surface area contributed by atoms with Crippen molar-refractivity contribution < 1.29 is 19.2 Å². The molecule has 0 saturated carbocycles. The van der Waals surface area contributed by atoms with Gasteiger partial charge in [-0.05, 0) is 65.3 Å². The van der Waals surface area contributed by atoms with Gasteiger partial charge >= 0.3 is 0 Å². The summed E-state index contributed by atoms with van der Waals surface area (Å²) in [7, 11) is 0. The maximum Gasteiger partial charge on any atom is 0.243 e. The first-order chi connectivity index (χ1) is 23.4. The van der Waals surface area contributed by atoms with Gasteiger partial charge in [-0.25, -0.2) is 0 Å². The molecule has 0 unspecified atom stereocenters. The monoisotopic (exact) mass is 664 g/mol. The van der Waals surface area contributed by atoms with Crippen LogP contribution in [0.1, 0.15) is 28.8 Å². The van der Waals surface area contributed by atoms with Crippen LogP contribution in [0.5, 0.6) is 0 Å². The first kappa shape index (κ1) is 32.9. The van der Waals surface area contributed by atoms with Gasteiger partial charge in [-0.2, -0.15) is 0 Å². The van der Waals surface area contributed by atoms with Crippen LogP contribution in [0.15, 0.2) is 90.4 Å². The van der Waals surface area contributed by atoms with E-state index in [1.54, 1.807) is 0 Å². The number of carbonyl (C=O) groups is 4. The number of nitrogens with one attached hydrogen (secondary N) is 5. The van der Waals surface area contributed by atoms with Gasteiger partial charge in [0.2, 0.25) is 23.6 Å². The van der Waals surface area contributed by atoms with Crippen molar-refractivity contribution in [1.82, 2.24) is 26.3 Å². The van der Waals surface area contributed by atoms with Gasteiger partial charge in [0.15, 0.2) is 0 Å². The highest BCUT2D eigenvalue weighted by Crippen LogP contribution is 2.22. The van der Waals surface area contributed by atoms with E-state index >= 15 is 0 Å². The minimum Gasteiger partial charge on any atom is -0.368 e. The molecule has 3 aromatic carbocycles.